The van der Waals surface area contributed by atoms with Crippen molar-refractivity contribution in [3.8, 4) is 0 Å². The monoisotopic (exact) mass is 254 g/mol. The summed E-state index contributed by atoms with van der Waals surface area (Å²) in [5.74, 6) is 0. The number of carbonyl (C=O) groups is 1. The fraction of sp³-hybridized carbons (Fsp3) is 0.889. The SMILES string of the molecule is [2H]C([2H])([2H])OC[C@H]1COS(=O)N1C(=O)OC(C)(C)C. The molecule has 6 nitrogen and oxygen atoms in total. The Morgan fingerprint density at radius 2 is 2.38 bits per heavy atom. The Morgan fingerprint density at radius 1 is 1.69 bits per heavy atom. The number of hydrogen-bond acceptors (Lipinski definition) is 5. The van der Waals surface area contributed by atoms with Crippen LogP contribution >= 0.6 is 0 Å². The molecule has 1 unspecified atom stereocenters. The average Bonchev–Trinajstić information content (AvgIpc) is 2.52. The van der Waals surface area contributed by atoms with E-state index < -0.39 is 36.0 Å². The normalized spacial score (nSPS) is 29.4. The molecule has 7 heteroatoms. The summed E-state index contributed by atoms with van der Waals surface area (Å²) in [5, 5.41) is 0. The van der Waals surface area contributed by atoms with Crippen molar-refractivity contribution in [1.29, 1.82) is 0 Å². The number of carbonyl (C=O) groups excluding carboxylic acids is 1. The van der Waals surface area contributed by atoms with Gasteiger partial charge in [0.1, 0.15) is 5.60 Å². The Balaban J connectivity index is 2.67. The highest BCUT2D eigenvalue weighted by Crippen LogP contribution is 2.19. The number of hydrogen-bond donors (Lipinski definition) is 0. The van der Waals surface area contributed by atoms with Gasteiger partial charge >= 0.3 is 6.09 Å². The van der Waals surface area contributed by atoms with Crippen molar-refractivity contribution in [2.75, 3.05) is 20.3 Å². The number of nitrogens with zero attached hydrogens (tertiary/aromatic N) is 1. The van der Waals surface area contributed by atoms with Crippen molar-refractivity contribution in [2.45, 2.75) is 32.4 Å². The highest BCUT2D eigenvalue weighted by molar-refractivity contribution is 7.78. The molecule has 1 saturated heterocycles. The van der Waals surface area contributed by atoms with Crippen LogP contribution in [0.3, 0.4) is 0 Å². The third kappa shape index (κ3) is 3.43. The van der Waals surface area contributed by atoms with E-state index in [4.69, 9.17) is 13.0 Å². The van der Waals surface area contributed by atoms with Gasteiger partial charge < -0.3 is 9.47 Å². The second-order valence-corrected chi connectivity index (χ2v) is 5.34. The number of rotatable bonds is 2. The summed E-state index contributed by atoms with van der Waals surface area (Å²) in [7, 11) is -2.58. The lowest BCUT2D eigenvalue weighted by molar-refractivity contribution is 0.0300. The minimum atomic E-state index is -2.58. The largest absolute Gasteiger partial charge is 0.443 e. The summed E-state index contributed by atoms with van der Waals surface area (Å²) in [4.78, 5) is 11.8. The first kappa shape index (κ1) is 9.38. The van der Waals surface area contributed by atoms with Crippen LogP contribution in [0.1, 0.15) is 24.9 Å². The van der Waals surface area contributed by atoms with E-state index in [0.717, 1.165) is 4.31 Å². The molecule has 0 aromatic carbocycles. The molecule has 0 N–H and O–H groups in total. The maximum atomic E-state index is 11.8. The molecule has 0 aromatic heterocycles. The Labute approximate surface area is 102 Å². The van der Waals surface area contributed by atoms with E-state index in [1.807, 2.05) is 0 Å². The zero-order valence-corrected chi connectivity index (χ0v) is 10.2. The second kappa shape index (κ2) is 5.11. The van der Waals surface area contributed by atoms with Crippen LogP contribution in [0.2, 0.25) is 0 Å². The summed E-state index contributed by atoms with van der Waals surface area (Å²) < 4.78 is 47.7. The molecule has 2 atom stereocenters. The van der Waals surface area contributed by atoms with Crippen molar-refractivity contribution in [3.63, 3.8) is 0 Å². The number of methoxy groups -OCH3 is 1. The highest BCUT2D eigenvalue weighted by Gasteiger charge is 2.39. The quantitative estimate of drug-likeness (QED) is 0.731. The number of ether oxygens (including phenoxy) is 2. The summed E-state index contributed by atoms with van der Waals surface area (Å²) in [6.07, 6.45) is -0.831. The molecule has 0 saturated carbocycles. The van der Waals surface area contributed by atoms with Gasteiger partial charge in [0.05, 0.1) is 23.4 Å². The van der Waals surface area contributed by atoms with E-state index in [1.54, 1.807) is 20.8 Å². The molecule has 0 aliphatic carbocycles. The summed E-state index contributed by atoms with van der Waals surface area (Å²) >= 11 is -1.99. The van der Waals surface area contributed by atoms with Crippen molar-refractivity contribution in [1.82, 2.24) is 4.31 Å². The molecular weight excluding hydrogens is 234 g/mol. The Morgan fingerprint density at radius 3 is 2.94 bits per heavy atom. The predicted octanol–water partition coefficient (Wildman–Crippen LogP) is 0.847. The van der Waals surface area contributed by atoms with E-state index in [0.29, 0.717) is 0 Å². The van der Waals surface area contributed by atoms with E-state index in [1.165, 1.54) is 0 Å². The van der Waals surface area contributed by atoms with Gasteiger partial charge in [-0.3, -0.25) is 4.18 Å². The molecule has 16 heavy (non-hydrogen) atoms. The van der Waals surface area contributed by atoms with Crippen molar-refractivity contribution < 1.29 is 26.8 Å². The van der Waals surface area contributed by atoms with Crippen LogP contribution < -0.4 is 0 Å². The van der Waals surface area contributed by atoms with Crippen molar-refractivity contribution >= 4 is 17.4 Å². The van der Waals surface area contributed by atoms with Gasteiger partial charge in [0.15, 0.2) is 0 Å². The van der Waals surface area contributed by atoms with Gasteiger partial charge in [-0.2, -0.15) is 4.31 Å². The predicted molar refractivity (Wildman–Crippen MR) is 57.8 cm³/mol. The van der Waals surface area contributed by atoms with E-state index >= 15 is 0 Å². The maximum absolute atomic E-state index is 11.8. The lowest BCUT2D eigenvalue weighted by Crippen LogP contribution is -2.42. The van der Waals surface area contributed by atoms with Crippen molar-refractivity contribution in [2.24, 2.45) is 0 Å². The molecule has 0 radical (unpaired) electrons. The lowest BCUT2D eigenvalue weighted by Gasteiger charge is -2.25. The highest BCUT2D eigenvalue weighted by atomic mass is 32.2. The Kier molecular flexibility index (Phi) is 3.00. The van der Waals surface area contributed by atoms with E-state index in [9.17, 15) is 9.00 Å². The lowest BCUT2D eigenvalue weighted by atomic mass is 10.2. The molecule has 1 amide bonds. The standard InChI is InChI=1S/C9H17NO5S/c1-9(2,3)15-8(11)10-7(5-13-4)6-14-16(10)12/h7H,5-6H2,1-4H3/t7-,16?/m0/s1/i4D3. The van der Waals surface area contributed by atoms with Gasteiger partial charge in [0.25, 0.3) is 11.3 Å². The fourth-order valence-corrected chi connectivity index (χ4v) is 2.02. The van der Waals surface area contributed by atoms with Gasteiger partial charge in [0.2, 0.25) is 0 Å². The molecule has 94 valence electrons. The zero-order chi connectivity index (χ0) is 14.8. The second-order valence-electron chi connectivity index (χ2n) is 4.27. The van der Waals surface area contributed by atoms with Gasteiger partial charge in [-0.05, 0) is 20.8 Å². The Hall–Kier alpha value is -0.660. The van der Waals surface area contributed by atoms with Crippen LogP contribution in [-0.2, 0) is 24.9 Å². The van der Waals surface area contributed by atoms with Crippen LogP contribution in [0.15, 0.2) is 0 Å². The van der Waals surface area contributed by atoms with E-state index in [2.05, 4.69) is 4.74 Å². The number of amides is 1. The minimum absolute atomic E-state index is 0.0675. The van der Waals surface area contributed by atoms with Gasteiger partial charge in [-0.15, -0.1) is 0 Å². The fourth-order valence-electron chi connectivity index (χ4n) is 1.11. The molecule has 1 rings (SSSR count). The molecular formula is C9H17NO5S. The zero-order valence-electron chi connectivity index (χ0n) is 12.4. The molecule has 1 heterocycles. The average molecular weight is 254 g/mol. The summed E-state index contributed by atoms with van der Waals surface area (Å²) in [6.45, 7) is 4.62. The maximum Gasteiger partial charge on any atom is 0.424 e. The van der Waals surface area contributed by atoms with Crippen LogP contribution in [0.25, 0.3) is 0 Å². The van der Waals surface area contributed by atoms with Crippen LogP contribution in [-0.4, -0.2) is 46.5 Å². The third-order valence-corrected chi connectivity index (χ3v) is 2.81. The van der Waals surface area contributed by atoms with Crippen LogP contribution in [0.5, 0.6) is 0 Å². The summed E-state index contributed by atoms with van der Waals surface area (Å²) in [5.41, 5.74) is -0.751. The molecule has 0 spiro atoms. The molecule has 1 aliphatic heterocycles. The smallest absolute Gasteiger partial charge is 0.424 e. The topological polar surface area (TPSA) is 65.1 Å². The summed E-state index contributed by atoms with van der Waals surface area (Å²) in [6, 6.07) is -0.754. The molecule has 0 bridgehead atoms. The van der Waals surface area contributed by atoms with Gasteiger partial charge in [-0.1, -0.05) is 0 Å². The van der Waals surface area contributed by atoms with E-state index in [-0.39, 0.29) is 13.2 Å². The molecule has 1 aliphatic rings. The van der Waals surface area contributed by atoms with Gasteiger partial charge in [-0.25, -0.2) is 9.00 Å². The van der Waals surface area contributed by atoms with Crippen molar-refractivity contribution in [3.05, 3.63) is 0 Å². The first-order valence-corrected chi connectivity index (χ1v) is 5.74. The van der Waals surface area contributed by atoms with Crippen LogP contribution in [0, 0.1) is 0 Å². The first-order chi connectivity index (χ1) is 8.49. The molecule has 0 aromatic rings. The molecule has 1 fully saturated rings. The Bertz CT molecular complexity index is 368. The van der Waals surface area contributed by atoms with Gasteiger partial charge in [0, 0.05) is 7.04 Å². The minimum Gasteiger partial charge on any atom is -0.443 e. The first-order valence-electron chi connectivity index (χ1n) is 6.21. The van der Waals surface area contributed by atoms with Crippen LogP contribution in [0.4, 0.5) is 4.79 Å². The third-order valence-electron chi connectivity index (χ3n) is 1.70.